The fraction of sp³-hybridized carbons (Fsp3) is 0.588. The fourth-order valence-electron chi connectivity index (χ4n) is 2.59. The van der Waals surface area contributed by atoms with E-state index in [4.69, 9.17) is 0 Å². The molecule has 22 heavy (non-hydrogen) atoms. The molecule has 2 N–H and O–H groups in total. The van der Waals surface area contributed by atoms with Crippen LogP contribution in [0.5, 0.6) is 0 Å². The van der Waals surface area contributed by atoms with Crippen LogP contribution in [0, 0.1) is 0 Å². The molecule has 124 valence electrons. The molecule has 1 saturated heterocycles. The van der Waals surface area contributed by atoms with Gasteiger partial charge in [-0.3, -0.25) is 4.99 Å². The normalized spacial score (nSPS) is 18.2. The SMILES string of the molecule is CCNC(=NCCc1ccc(CC)cc1)N1CC[C@@H](O)C1.I. The number of rotatable bonds is 5. The first-order valence-corrected chi connectivity index (χ1v) is 8.02. The minimum Gasteiger partial charge on any atom is -0.391 e. The summed E-state index contributed by atoms with van der Waals surface area (Å²) in [6.45, 7) is 7.46. The number of nitrogens with zero attached hydrogens (tertiary/aromatic N) is 2. The number of aryl methyl sites for hydroxylation is 1. The van der Waals surface area contributed by atoms with E-state index >= 15 is 0 Å². The lowest BCUT2D eigenvalue weighted by molar-refractivity contribution is 0.188. The maximum Gasteiger partial charge on any atom is 0.194 e. The van der Waals surface area contributed by atoms with Crippen molar-refractivity contribution in [3.8, 4) is 0 Å². The number of hydrogen-bond donors (Lipinski definition) is 2. The molecule has 1 atom stereocenters. The zero-order valence-electron chi connectivity index (χ0n) is 13.6. The fourth-order valence-corrected chi connectivity index (χ4v) is 2.59. The Morgan fingerprint density at radius 1 is 1.27 bits per heavy atom. The lowest BCUT2D eigenvalue weighted by Crippen LogP contribution is -2.40. The van der Waals surface area contributed by atoms with Gasteiger partial charge in [-0.05, 0) is 37.3 Å². The molecule has 1 aliphatic rings. The smallest absolute Gasteiger partial charge is 0.194 e. The van der Waals surface area contributed by atoms with Crippen molar-refractivity contribution in [2.75, 3.05) is 26.2 Å². The van der Waals surface area contributed by atoms with Gasteiger partial charge in [-0.1, -0.05) is 31.2 Å². The molecule has 1 heterocycles. The van der Waals surface area contributed by atoms with Crippen molar-refractivity contribution in [3.05, 3.63) is 35.4 Å². The van der Waals surface area contributed by atoms with Crippen molar-refractivity contribution in [1.82, 2.24) is 10.2 Å². The summed E-state index contributed by atoms with van der Waals surface area (Å²) in [4.78, 5) is 6.84. The summed E-state index contributed by atoms with van der Waals surface area (Å²) < 4.78 is 0. The van der Waals surface area contributed by atoms with E-state index in [1.807, 2.05) is 0 Å². The second-order valence-electron chi connectivity index (χ2n) is 5.54. The molecule has 0 bridgehead atoms. The van der Waals surface area contributed by atoms with Crippen LogP contribution in [-0.4, -0.2) is 48.2 Å². The zero-order valence-corrected chi connectivity index (χ0v) is 15.9. The molecule has 1 aromatic rings. The Morgan fingerprint density at radius 2 is 1.95 bits per heavy atom. The van der Waals surface area contributed by atoms with Crippen LogP contribution < -0.4 is 5.32 Å². The second-order valence-corrected chi connectivity index (χ2v) is 5.54. The van der Waals surface area contributed by atoms with E-state index in [9.17, 15) is 5.11 Å². The standard InChI is InChI=1S/C17H27N3O.HI/c1-3-14-5-7-15(8-6-14)9-11-19-17(18-4-2)20-12-10-16(21)13-20;/h5-8,16,21H,3-4,9-13H2,1-2H3,(H,18,19);1H/t16-;/m1./s1. The quantitative estimate of drug-likeness (QED) is 0.440. The molecule has 1 fully saturated rings. The first kappa shape index (κ1) is 19.2. The average Bonchev–Trinajstić information content (AvgIpc) is 2.93. The van der Waals surface area contributed by atoms with Crippen LogP contribution in [0.15, 0.2) is 29.3 Å². The van der Waals surface area contributed by atoms with Crippen LogP contribution >= 0.6 is 24.0 Å². The van der Waals surface area contributed by atoms with Gasteiger partial charge in [0.1, 0.15) is 0 Å². The Hall–Kier alpha value is -0.820. The van der Waals surface area contributed by atoms with Crippen molar-refractivity contribution >= 4 is 29.9 Å². The molecule has 0 radical (unpaired) electrons. The van der Waals surface area contributed by atoms with Crippen LogP contribution in [0.3, 0.4) is 0 Å². The predicted octanol–water partition coefficient (Wildman–Crippen LogP) is 2.44. The maximum atomic E-state index is 9.65. The molecule has 0 saturated carbocycles. The Labute approximate surface area is 151 Å². The van der Waals surface area contributed by atoms with Gasteiger partial charge in [-0.15, -0.1) is 24.0 Å². The largest absolute Gasteiger partial charge is 0.391 e. The van der Waals surface area contributed by atoms with Crippen LogP contribution in [0.4, 0.5) is 0 Å². The zero-order chi connectivity index (χ0) is 15.1. The highest BCUT2D eigenvalue weighted by Gasteiger charge is 2.22. The molecular weight excluding hydrogens is 389 g/mol. The third-order valence-corrected chi connectivity index (χ3v) is 3.89. The first-order chi connectivity index (χ1) is 10.2. The van der Waals surface area contributed by atoms with Crippen molar-refractivity contribution < 1.29 is 5.11 Å². The monoisotopic (exact) mass is 417 g/mol. The highest BCUT2D eigenvalue weighted by molar-refractivity contribution is 14.0. The number of halogens is 1. The Morgan fingerprint density at radius 3 is 2.50 bits per heavy atom. The number of hydrogen-bond acceptors (Lipinski definition) is 2. The third-order valence-electron chi connectivity index (χ3n) is 3.89. The molecule has 0 aliphatic carbocycles. The summed E-state index contributed by atoms with van der Waals surface area (Å²) >= 11 is 0. The summed E-state index contributed by atoms with van der Waals surface area (Å²) in [5.74, 6) is 0.930. The van der Waals surface area contributed by atoms with E-state index in [1.165, 1.54) is 11.1 Å². The van der Waals surface area contributed by atoms with Crippen LogP contribution in [0.25, 0.3) is 0 Å². The van der Waals surface area contributed by atoms with E-state index in [1.54, 1.807) is 0 Å². The molecule has 4 nitrogen and oxygen atoms in total. The van der Waals surface area contributed by atoms with Crippen LogP contribution in [-0.2, 0) is 12.8 Å². The van der Waals surface area contributed by atoms with E-state index in [0.29, 0.717) is 6.54 Å². The summed E-state index contributed by atoms with van der Waals surface area (Å²) in [5.41, 5.74) is 2.70. The van der Waals surface area contributed by atoms with Crippen molar-refractivity contribution in [2.45, 2.75) is 39.2 Å². The number of likely N-dealkylation sites (tertiary alicyclic amines) is 1. The number of benzene rings is 1. The predicted molar refractivity (Wildman–Crippen MR) is 103 cm³/mol. The van der Waals surface area contributed by atoms with E-state index in [2.05, 4.69) is 53.3 Å². The van der Waals surface area contributed by atoms with Crippen LogP contribution in [0.2, 0.25) is 0 Å². The highest BCUT2D eigenvalue weighted by atomic mass is 127. The number of aliphatic imine (C=N–C) groups is 1. The van der Waals surface area contributed by atoms with Gasteiger partial charge in [0.05, 0.1) is 6.10 Å². The van der Waals surface area contributed by atoms with Gasteiger partial charge in [0.25, 0.3) is 0 Å². The van der Waals surface area contributed by atoms with E-state index in [0.717, 1.165) is 44.9 Å². The minimum absolute atomic E-state index is 0. The first-order valence-electron chi connectivity index (χ1n) is 8.02. The number of β-amino-alcohol motifs (C(OH)–C–C–N with tert-alkyl or cyclic N) is 1. The second kappa shape index (κ2) is 10.0. The Balaban J connectivity index is 0.00000242. The minimum atomic E-state index is -0.213. The van der Waals surface area contributed by atoms with Crippen molar-refractivity contribution in [3.63, 3.8) is 0 Å². The van der Waals surface area contributed by atoms with Gasteiger partial charge in [0.15, 0.2) is 5.96 Å². The van der Waals surface area contributed by atoms with Crippen molar-refractivity contribution in [2.24, 2.45) is 4.99 Å². The number of guanidine groups is 1. The van der Waals surface area contributed by atoms with Crippen LogP contribution in [0.1, 0.15) is 31.4 Å². The average molecular weight is 417 g/mol. The number of aliphatic hydroxyl groups is 1. The van der Waals surface area contributed by atoms with Gasteiger partial charge in [0, 0.05) is 26.2 Å². The van der Waals surface area contributed by atoms with Gasteiger partial charge in [-0.2, -0.15) is 0 Å². The summed E-state index contributed by atoms with van der Waals surface area (Å²) in [6.07, 6.45) is 2.66. The maximum absolute atomic E-state index is 9.65. The van der Waals surface area contributed by atoms with E-state index < -0.39 is 0 Å². The van der Waals surface area contributed by atoms with Gasteiger partial charge in [-0.25, -0.2) is 0 Å². The summed E-state index contributed by atoms with van der Waals surface area (Å²) in [6, 6.07) is 8.78. The molecule has 0 unspecified atom stereocenters. The summed E-state index contributed by atoms with van der Waals surface area (Å²) in [7, 11) is 0. The number of aliphatic hydroxyl groups excluding tert-OH is 1. The van der Waals surface area contributed by atoms with Gasteiger partial charge >= 0.3 is 0 Å². The highest BCUT2D eigenvalue weighted by Crippen LogP contribution is 2.09. The molecule has 2 rings (SSSR count). The Bertz CT molecular complexity index is 461. The molecule has 0 amide bonds. The van der Waals surface area contributed by atoms with Gasteiger partial charge < -0.3 is 15.3 Å². The molecule has 0 spiro atoms. The molecule has 1 aliphatic heterocycles. The molecule has 1 aromatic carbocycles. The Kier molecular flexibility index (Phi) is 8.78. The van der Waals surface area contributed by atoms with Crippen molar-refractivity contribution in [1.29, 1.82) is 0 Å². The lowest BCUT2D eigenvalue weighted by atomic mass is 10.1. The molecule has 5 heteroatoms. The molecular formula is C17H28IN3O. The third kappa shape index (κ3) is 5.76. The topological polar surface area (TPSA) is 47.9 Å². The van der Waals surface area contributed by atoms with E-state index in [-0.39, 0.29) is 30.1 Å². The van der Waals surface area contributed by atoms with Gasteiger partial charge in [0.2, 0.25) is 0 Å². The number of nitrogens with one attached hydrogen (secondary N) is 1. The molecule has 0 aromatic heterocycles. The summed E-state index contributed by atoms with van der Waals surface area (Å²) in [5, 5.41) is 13.0. The lowest BCUT2D eigenvalue weighted by Gasteiger charge is -2.20.